The number of nitrogens with two attached hydrogens (primary N) is 1. The molecule has 0 radical (unpaired) electrons. The van der Waals surface area contributed by atoms with Gasteiger partial charge in [-0.3, -0.25) is 9.59 Å². The van der Waals surface area contributed by atoms with Gasteiger partial charge in [0.1, 0.15) is 6.10 Å². The van der Waals surface area contributed by atoms with Crippen LogP contribution >= 0.6 is 0 Å². The minimum Gasteiger partial charge on any atom is -0.393 e. The number of hydrogen-bond acceptors (Lipinski definition) is 4. The second-order valence-electron chi connectivity index (χ2n) is 1.91. The molecule has 11 heavy (non-hydrogen) atoms. The second kappa shape index (κ2) is 3.85. The van der Waals surface area contributed by atoms with Crippen molar-refractivity contribution in [1.29, 1.82) is 0 Å². The molecule has 0 heterocycles. The van der Waals surface area contributed by atoms with E-state index in [9.17, 15) is 9.59 Å². The zero-order valence-corrected chi connectivity index (χ0v) is 5.78. The summed E-state index contributed by atoms with van der Waals surface area (Å²) >= 11 is 0. The van der Waals surface area contributed by atoms with Crippen LogP contribution in [0.1, 0.15) is 0 Å². The molecule has 0 saturated heterocycles. The maximum atomic E-state index is 10.7. The molecule has 1 unspecified atom stereocenters. The summed E-state index contributed by atoms with van der Waals surface area (Å²) in [4.78, 5) is 21.0. The fourth-order valence-electron chi connectivity index (χ4n) is 0.405. The first kappa shape index (κ1) is 9.80. The van der Waals surface area contributed by atoms with Gasteiger partial charge in [-0.1, -0.05) is 6.58 Å². The Morgan fingerprint density at radius 1 is 1.55 bits per heavy atom. The fourth-order valence-corrected chi connectivity index (χ4v) is 0.405. The Morgan fingerprint density at radius 2 is 2.00 bits per heavy atom. The first-order chi connectivity index (χ1) is 5.00. The van der Waals surface area contributed by atoms with Gasteiger partial charge >= 0.3 is 0 Å². The van der Waals surface area contributed by atoms with Gasteiger partial charge in [-0.15, -0.1) is 0 Å². The Labute approximate surface area is 63.1 Å². The average Bonchev–Trinajstić information content (AvgIpc) is 2.00. The summed E-state index contributed by atoms with van der Waals surface area (Å²) in [5, 5.41) is 16.9. The van der Waals surface area contributed by atoms with Crippen molar-refractivity contribution >= 4 is 11.7 Å². The fraction of sp³-hybridized carbons (Fsp3) is 0.333. The SMILES string of the molecule is C=C(C(N)=O)C(=O)C(O)CO. The van der Waals surface area contributed by atoms with Crippen LogP contribution in [0.15, 0.2) is 12.2 Å². The van der Waals surface area contributed by atoms with Crippen molar-refractivity contribution in [1.82, 2.24) is 0 Å². The smallest absolute Gasteiger partial charge is 0.251 e. The van der Waals surface area contributed by atoms with Gasteiger partial charge in [-0.05, 0) is 0 Å². The van der Waals surface area contributed by atoms with Crippen molar-refractivity contribution in [2.24, 2.45) is 5.73 Å². The lowest BCUT2D eigenvalue weighted by Gasteiger charge is -2.04. The van der Waals surface area contributed by atoms with E-state index in [0.717, 1.165) is 0 Å². The molecule has 62 valence electrons. The summed E-state index contributed by atoms with van der Waals surface area (Å²) < 4.78 is 0. The molecule has 0 aliphatic rings. The lowest BCUT2D eigenvalue weighted by Crippen LogP contribution is -2.31. The highest BCUT2D eigenvalue weighted by molar-refractivity contribution is 6.19. The number of aliphatic hydroxyl groups excluding tert-OH is 2. The molecule has 0 aliphatic heterocycles. The maximum Gasteiger partial charge on any atom is 0.251 e. The first-order valence-electron chi connectivity index (χ1n) is 2.82. The lowest BCUT2D eigenvalue weighted by atomic mass is 10.1. The number of carbonyl (C=O) groups excluding carboxylic acids is 2. The van der Waals surface area contributed by atoms with Crippen LogP contribution in [0.4, 0.5) is 0 Å². The normalized spacial score (nSPS) is 12.2. The largest absolute Gasteiger partial charge is 0.393 e. The van der Waals surface area contributed by atoms with Gasteiger partial charge in [0.25, 0.3) is 5.91 Å². The summed E-state index contributed by atoms with van der Waals surface area (Å²) in [6, 6.07) is 0. The molecule has 1 amide bonds. The lowest BCUT2D eigenvalue weighted by molar-refractivity contribution is -0.127. The molecule has 1 atom stereocenters. The third kappa shape index (κ3) is 2.48. The molecule has 0 saturated carbocycles. The van der Waals surface area contributed by atoms with Gasteiger partial charge in [0.05, 0.1) is 12.2 Å². The number of Topliss-reactive ketones (excluding diaryl/α,β-unsaturated/α-hetero) is 1. The van der Waals surface area contributed by atoms with Gasteiger partial charge in [0.15, 0.2) is 5.78 Å². The maximum absolute atomic E-state index is 10.7. The molecule has 0 aliphatic carbocycles. The van der Waals surface area contributed by atoms with Crippen LogP contribution in [-0.4, -0.2) is 34.6 Å². The van der Waals surface area contributed by atoms with E-state index in [1.54, 1.807) is 0 Å². The van der Waals surface area contributed by atoms with Gasteiger partial charge in [-0.25, -0.2) is 0 Å². The molecular formula is C6H9NO4. The van der Waals surface area contributed by atoms with Crippen LogP contribution in [0.3, 0.4) is 0 Å². The van der Waals surface area contributed by atoms with Gasteiger partial charge in [0, 0.05) is 0 Å². The number of ketones is 1. The number of rotatable bonds is 4. The number of hydrogen-bond donors (Lipinski definition) is 3. The Kier molecular flexibility index (Phi) is 3.43. The van der Waals surface area contributed by atoms with E-state index in [1.807, 2.05) is 0 Å². The van der Waals surface area contributed by atoms with E-state index in [0.29, 0.717) is 0 Å². The minimum atomic E-state index is -1.60. The second-order valence-corrected chi connectivity index (χ2v) is 1.91. The van der Waals surface area contributed by atoms with Crippen molar-refractivity contribution in [3.63, 3.8) is 0 Å². The number of aliphatic hydroxyl groups is 2. The van der Waals surface area contributed by atoms with Crippen molar-refractivity contribution in [2.75, 3.05) is 6.61 Å². The minimum absolute atomic E-state index is 0.508. The quantitative estimate of drug-likeness (QED) is 0.249. The Hall–Kier alpha value is -1.20. The van der Waals surface area contributed by atoms with Gasteiger partial charge in [-0.2, -0.15) is 0 Å². The van der Waals surface area contributed by atoms with Gasteiger partial charge in [0.2, 0.25) is 0 Å². The number of amides is 1. The molecule has 0 bridgehead atoms. The molecular weight excluding hydrogens is 150 g/mol. The zero-order chi connectivity index (χ0) is 9.02. The summed E-state index contributed by atoms with van der Waals surface area (Å²) in [6.45, 7) is 2.28. The predicted molar refractivity (Wildman–Crippen MR) is 36.4 cm³/mol. The third-order valence-corrected chi connectivity index (χ3v) is 1.07. The number of primary amides is 1. The van der Waals surface area contributed by atoms with Crippen LogP contribution in [0.5, 0.6) is 0 Å². The molecule has 0 aromatic carbocycles. The van der Waals surface area contributed by atoms with E-state index in [-0.39, 0.29) is 0 Å². The van der Waals surface area contributed by atoms with Crippen molar-refractivity contribution < 1.29 is 19.8 Å². The predicted octanol–water partition coefficient (Wildman–Crippen LogP) is -2.05. The highest BCUT2D eigenvalue weighted by atomic mass is 16.3. The van der Waals surface area contributed by atoms with Crippen LogP contribution in [-0.2, 0) is 9.59 Å². The van der Waals surface area contributed by atoms with Crippen LogP contribution in [0, 0.1) is 0 Å². The van der Waals surface area contributed by atoms with Crippen LogP contribution < -0.4 is 5.73 Å². The molecule has 4 N–H and O–H groups in total. The highest BCUT2D eigenvalue weighted by Crippen LogP contribution is 1.95. The van der Waals surface area contributed by atoms with Crippen molar-refractivity contribution in [3.05, 3.63) is 12.2 Å². The Balaban J connectivity index is 4.26. The van der Waals surface area contributed by atoms with E-state index < -0.39 is 30.0 Å². The molecule has 0 aromatic rings. The summed E-state index contributed by atoms with van der Waals surface area (Å²) in [7, 11) is 0. The summed E-state index contributed by atoms with van der Waals surface area (Å²) in [5.41, 5.74) is 4.17. The molecule has 0 fully saturated rings. The molecule has 0 spiro atoms. The zero-order valence-electron chi connectivity index (χ0n) is 5.78. The Morgan fingerprint density at radius 3 is 2.27 bits per heavy atom. The van der Waals surface area contributed by atoms with E-state index in [4.69, 9.17) is 10.2 Å². The highest BCUT2D eigenvalue weighted by Gasteiger charge is 2.20. The van der Waals surface area contributed by atoms with E-state index in [1.165, 1.54) is 0 Å². The first-order valence-corrected chi connectivity index (χ1v) is 2.82. The van der Waals surface area contributed by atoms with Crippen LogP contribution in [0.25, 0.3) is 0 Å². The topological polar surface area (TPSA) is 101 Å². The summed E-state index contributed by atoms with van der Waals surface area (Å²) in [6.07, 6.45) is -1.60. The van der Waals surface area contributed by atoms with E-state index >= 15 is 0 Å². The van der Waals surface area contributed by atoms with Crippen molar-refractivity contribution in [3.8, 4) is 0 Å². The third-order valence-electron chi connectivity index (χ3n) is 1.07. The van der Waals surface area contributed by atoms with Gasteiger partial charge < -0.3 is 15.9 Å². The number of carbonyl (C=O) groups is 2. The molecule has 5 heteroatoms. The molecule has 0 rings (SSSR count). The molecule has 5 nitrogen and oxygen atoms in total. The van der Waals surface area contributed by atoms with Crippen LogP contribution in [0.2, 0.25) is 0 Å². The summed E-state index contributed by atoms with van der Waals surface area (Å²) in [5.74, 6) is -1.94. The van der Waals surface area contributed by atoms with Crippen molar-refractivity contribution in [2.45, 2.75) is 6.10 Å². The Bertz CT molecular complexity index is 199. The monoisotopic (exact) mass is 159 g/mol. The standard InChI is InChI=1S/C6H9NO4/c1-3(6(7)11)5(10)4(9)2-8/h4,8-9H,1-2H2,(H2,7,11). The van der Waals surface area contributed by atoms with E-state index in [2.05, 4.69) is 12.3 Å². The molecule has 0 aromatic heterocycles. The average molecular weight is 159 g/mol.